The molecule has 0 saturated heterocycles. The maximum atomic E-state index is 2.53. The summed E-state index contributed by atoms with van der Waals surface area (Å²) in [4.78, 5) is 2.44. The summed E-state index contributed by atoms with van der Waals surface area (Å²) < 4.78 is 2.53. The van der Waals surface area contributed by atoms with Gasteiger partial charge in [-0.2, -0.15) is 0 Å². The molecule has 0 aliphatic heterocycles. The summed E-state index contributed by atoms with van der Waals surface area (Å²) in [6.07, 6.45) is 0. The second-order valence-corrected chi connectivity index (χ2v) is 17.4. The van der Waals surface area contributed by atoms with Gasteiger partial charge >= 0.3 is 0 Å². The highest BCUT2D eigenvalue weighted by Crippen LogP contribution is 2.55. The Kier molecular flexibility index (Phi) is 8.14. The van der Waals surface area contributed by atoms with Gasteiger partial charge in [-0.1, -0.05) is 171 Å². The fraction of sp³-hybridized carbons (Fsp3) is 0.0667. The highest BCUT2D eigenvalue weighted by Gasteiger charge is 2.38. The van der Waals surface area contributed by atoms with Crippen molar-refractivity contribution in [3.05, 3.63) is 229 Å². The highest BCUT2D eigenvalue weighted by atomic mass is 15.1. The summed E-state index contributed by atoms with van der Waals surface area (Å²) in [6, 6.07) is 78.6. The van der Waals surface area contributed by atoms with Gasteiger partial charge in [-0.3, -0.25) is 0 Å². The average Bonchev–Trinajstić information content (AvgIpc) is 3.76. The molecule has 1 aromatic heterocycles. The molecule has 11 aromatic rings. The standard InChI is InChI=1S/C60H44N2/c1-39-25-29-45(30-26-39)61(55-24-14-20-42-19-10-11-21-47(42)55)46-31-32-50-53(37-46)60(2,3)54-38-58(48-22-12-13-23-49(48)59(50)54)62-56-33-27-43(40-15-6-4-7-16-40)35-51(56)52-36-44(28-34-57(52)62)41-17-8-5-9-18-41/h4-38H,1-3H3. The van der Waals surface area contributed by atoms with Gasteiger partial charge in [-0.25, -0.2) is 0 Å². The van der Waals surface area contributed by atoms with Crippen LogP contribution >= 0.6 is 0 Å². The molecule has 12 rings (SSSR count). The van der Waals surface area contributed by atoms with Gasteiger partial charge in [0.05, 0.1) is 22.4 Å². The van der Waals surface area contributed by atoms with Crippen LogP contribution in [0.5, 0.6) is 0 Å². The number of aromatic nitrogens is 1. The van der Waals surface area contributed by atoms with Crippen molar-refractivity contribution in [2.45, 2.75) is 26.2 Å². The number of fused-ring (bicyclic) bond motifs is 9. The predicted octanol–water partition coefficient (Wildman–Crippen LogP) is 16.5. The fourth-order valence-electron chi connectivity index (χ4n) is 10.3. The molecule has 62 heavy (non-hydrogen) atoms. The first-order chi connectivity index (χ1) is 30.4. The van der Waals surface area contributed by atoms with E-state index < -0.39 is 0 Å². The lowest BCUT2D eigenvalue weighted by Gasteiger charge is -2.29. The van der Waals surface area contributed by atoms with Crippen molar-refractivity contribution in [2.75, 3.05) is 4.90 Å². The third-order valence-electron chi connectivity index (χ3n) is 13.4. The minimum atomic E-state index is -0.281. The molecule has 0 unspecified atom stereocenters. The molecule has 2 nitrogen and oxygen atoms in total. The molecule has 294 valence electrons. The van der Waals surface area contributed by atoms with Crippen LogP contribution in [0.25, 0.3) is 82.4 Å². The monoisotopic (exact) mass is 792 g/mol. The quantitative estimate of drug-likeness (QED) is 0.163. The Balaban J connectivity index is 1.08. The topological polar surface area (TPSA) is 8.17 Å². The Labute approximate surface area is 362 Å². The normalized spacial score (nSPS) is 12.9. The van der Waals surface area contributed by atoms with Crippen LogP contribution in [0.3, 0.4) is 0 Å². The average molecular weight is 793 g/mol. The summed E-state index contributed by atoms with van der Waals surface area (Å²) in [5, 5.41) is 7.48. The maximum Gasteiger partial charge on any atom is 0.0544 e. The van der Waals surface area contributed by atoms with E-state index in [9.17, 15) is 0 Å². The van der Waals surface area contributed by atoms with Crippen molar-refractivity contribution >= 4 is 60.4 Å². The number of aryl methyl sites for hydroxylation is 1. The Morgan fingerprint density at radius 2 is 0.968 bits per heavy atom. The Morgan fingerprint density at radius 1 is 0.403 bits per heavy atom. The maximum absolute atomic E-state index is 2.53. The first-order valence-electron chi connectivity index (χ1n) is 21.7. The summed E-state index contributed by atoms with van der Waals surface area (Å²) in [6.45, 7) is 6.99. The Morgan fingerprint density at radius 3 is 1.63 bits per heavy atom. The van der Waals surface area contributed by atoms with Gasteiger partial charge in [0.1, 0.15) is 0 Å². The van der Waals surface area contributed by atoms with E-state index >= 15 is 0 Å². The minimum Gasteiger partial charge on any atom is -0.310 e. The SMILES string of the molecule is Cc1ccc(N(c2ccc3c(c2)C(C)(C)c2cc(-n4c5ccc(-c6ccccc6)cc5c5cc(-c6ccccc6)ccc54)c4ccccc4c2-3)c2cccc3ccccc23)cc1. The lowest BCUT2D eigenvalue weighted by Crippen LogP contribution is -2.17. The van der Waals surface area contributed by atoms with Gasteiger partial charge in [0.15, 0.2) is 0 Å². The molecular weight excluding hydrogens is 749 g/mol. The molecular formula is C60H44N2. The van der Waals surface area contributed by atoms with E-state index in [1.54, 1.807) is 0 Å². The van der Waals surface area contributed by atoms with Gasteiger partial charge in [0, 0.05) is 38.3 Å². The van der Waals surface area contributed by atoms with Crippen LogP contribution in [-0.2, 0) is 5.41 Å². The number of rotatable bonds is 6. The summed E-state index contributed by atoms with van der Waals surface area (Å²) in [7, 11) is 0. The van der Waals surface area contributed by atoms with Crippen LogP contribution in [0.4, 0.5) is 17.1 Å². The van der Waals surface area contributed by atoms with E-state index in [0.717, 1.165) is 11.4 Å². The van der Waals surface area contributed by atoms with E-state index in [1.165, 1.54) is 105 Å². The molecule has 0 bridgehead atoms. The molecule has 1 aliphatic carbocycles. The molecule has 2 heteroatoms. The van der Waals surface area contributed by atoms with Crippen molar-refractivity contribution in [1.82, 2.24) is 4.57 Å². The number of nitrogens with zero attached hydrogens (tertiary/aromatic N) is 2. The van der Waals surface area contributed by atoms with Crippen molar-refractivity contribution in [2.24, 2.45) is 0 Å². The van der Waals surface area contributed by atoms with Crippen LogP contribution in [0.1, 0.15) is 30.5 Å². The molecule has 0 fully saturated rings. The summed E-state index contributed by atoms with van der Waals surface area (Å²) >= 11 is 0. The second-order valence-electron chi connectivity index (χ2n) is 17.4. The van der Waals surface area contributed by atoms with Crippen LogP contribution in [-0.4, -0.2) is 4.57 Å². The lowest BCUT2D eigenvalue weighted by molar-refractivity contribution is 0.660. The van der Waals surface area contributed by atoms with E-state index in [0.29, 0.717) is 0 Å². The molecule has 10 aromatic carbocycles. The molecule has 1 heterocycles. The van der Waals surface area contributed by atoms with E-state index in [-0.39, 0.29) is 5.41 Å². The molecule has 0 spiro atoms. The zero-order chi connectivity index (χ0) is 41.5. The molecule has 0 radical (unpaired) electrons. The third-order valence-corrected chi connectivity index (χ3v) is 13.4. The molecule has 0 saturated carbocycles. The van der Waals surface area contributed by atoms with Gasteiger partial charge < -0.3 is 9.47 Å². The number of hydrogen-bond acceptors (Lipinski definition) is 1. The summed E-state index contributed by atoms with van der Waals surface area (Å²) in [5.74, 6) is 0. The van der Waals surface area contributed by atoms with Crippen molar-refractivity contribution in [3.63, 3.8) is 0 Å². The zero-order valence-corrected chi connectivity index (χ0v) is 35.1. The highest BCUT2D eigenvalue weighted by molar-refractivity contribution is 6.14. The molecule has 0 atom stereocenters. The molecule has 0 N–H and O–H groups in total. The van der Waals surface area contributed by atoms with Gasteiger partial charge in [0.25, 0.3) is 0 Å². The minimum absolute atomic E-state index is 0.281. The zero-order valence-electron chi connectivity index (χ0n) is 35.1. The number of anilines is 3. The van der Waals surface area contributed by atoms with Gasteiger partial charge in [-0.15, -0.1) is 0 Å². The Bertz CT molecular complexity index is 3440. The summed E-state index contributed by atoms with van der Waals surface area (Å²) in [5.41, 5.74) is 18.3. The van der Waals surface area contributed by atoms with E-state index in [2.05, 4.69) is 243 Å². The first kappa shape index (κ1) is 36.2. The van der Waals surface area contributed by atoms with Crippen LogP contribution in [0, 0.1) is 6.92 Å². The van der Waals surface area contributed by atoms with Crippen molar-refractivity contribution in [1.29, 1.82) is 0 Å². The van der Waals surface area contributed by atoms with Gasteiger partial charge in [0.2, 0.25) is 0 Å². The lowest BCUT2D eigenvalue weighted by atomic mass is 9.81. The van der Waals surface area contributed by atoms with E-state index in [4.69, 9.17) is 0 Å². The fourth-order valence-corrected chi connectivity index (χ4v) is 10.3. The van der Waals surface area contributed by atoms with E-state index in [1.807, 2.05) is 0 Å². The smallest absolute Gasteiger partial charge is 0.0544 e. The van der Waals surface area contributed by atoms with Crippen LogP contribution < -0.4 is 4.90 Å². The van der Waals surface area contributed by atoms with Crippen molar-refractivity contribution in [3.8, 4) is 39.1 Å². The number of benzene rings is 10. The predicted molar refractivity (Wildman–Crippen MR) is 264 cm³/mol. The number of hydrogen-bond donors (Lipinski definition) is 0. The van der Waals surface area contributed by atoms with Crippen LogP contribution in [0.15, 0.2) is 212 Å². The van der Waals surface area contributed by atoms with Crippen LogP contribution in [0.2, 0.25) is 0 Å². The largest absolute Gasteiger partial charge is 0.310 e. The molecule has 0 amide bonds. The third kappa shape index (κ3) is 5.57. The first-order valence-corrected chi connectivity index (χ1v) is 21.7. The molecule has 1 aliphatic rings. The van der Waals surface area contributed by atoms with Gasteiger partial charge in [-0.05, 0) is 123 Å². The van der Waals surface area contributed by atoms with Crippen molar-refractivity contribution < 1.29 is 0 Å². The Hall–Kier alpha value is -7.68. The second kappa shape index (κ2) is 13.9.